The van der Waals surface area contributed by atoms with Crippen LogP contribution in [0.1, 0.15) is 17.7 Å². The lowest BCUT2D eigenvalue weighted by molar-refractivity contribution is -0.122. The van der Waals surface area contributed by atoms with Crippen LogP contribution >= 0.6 is 22.9 Å². The van der Waals surface area contributed by atoms with Crippen LogP contribution in [-0.2, 0) is 9.53 Å². The summed E-state index contributed by atoms with van der Waals surface area (Å²) in [5.41, 5.74) is 0. The number of rotatable bonds is 6. The first kappa shape index (κ1) is 16.7. The third-order valence-electron chi connectivity index (χ3n) is 3.50. The maximum Gasteiger partial charge on any atom is 0.228 e. The van der Waals surface area contributed by atoms with Gasteiger partial charge >= 0.3 is 0 Å². The van der Waals surface area contributed by atoms with Crippen LogP contribution in [0.2, 0.25) is 4.34 Å². The van der Waals surface area contributed by atoms with Gasteiger partial charge in [-0.15, -0.1) is 11.3 Å². The van der Waals surface area contributed by atoms with Crippen molar-refractivity contribution in [2.75, 3.05) is 39.4 Å². The van der Waals surface area contributed by atoms with E-state index in [0.29, 0.717) is 24.1 Å². The van der Waals surface area contributed by atoms with E-state index in [-0.39, 0.29) is 18.4 Å². The summed E-state index contributed by atoms with van der Waals surface area (Å²) >= 11 is 7.28. The molecule has 21 heavy (non-hydrogen) atoms. The van der Waals surface area contributed by atoms with Crippen LogP contribution in [-0.4, -0.2) is 61.4 Å². The highest BCUT2D eigenvalue weighted by Crippen LogP contribution is 2.27. The number of carbonyl (C=O) groups excluding carboxylic acids is 1. The third-order valence-corrected chi connectivity index (χ3v) is 4.91. The van der Waals surface area contributed by atoms with E-state index < -0.39 is 6.10 Å². The molecule has 1 aromatic rings. The first-order chi connectivity index (χ1) is 10.1. The molecule has 1 aliphatic heterocycles. The van der Waals surface area contributed by atoms with Gasteiger partial charge in [0, 0.05) is 31.1 Å². The van der Waals surface area contributed by atoms with Gasteiger partial charge in [-0.25, -0.2) is 0 Å². The lowest BCUT2D eigenvalue weighted by Crippen LogP contribution is -2.45. The van der Waals surface area contributed by atoms with Crippen molar-refractivity contribution in [1.29, 1.82) is 0 Å². The topological polar surface area (TPSA) is 61.8 Å². The van der Waals surface area contributed by atoms with Crippen molar-refractivity contribution in [1.82, 2.24) is 10.2 Å². The van der Waals surface area contributed by atoms with Crippen LogP contribution in [0.3, 0.4) is 0 Å². The molecule has 5 nitrogen and oxygen atoms in total. The molecule has 2 rings (SSSR count). The third kappa shape index (κ3) is 5.23. The zero-order chi connectivity index (χ0) is 15.2. The number of nitrogens with zero attached hydrogens (tertiary/aromatic N) is 1. The van der Waals surface area contributed by atoms with Gasteiger partial charge in [0.15, 0.2) is 0 Å². The van der Waals surface area contributed by atoms with Gasteiger partial charge in [-0.1, -0.05) is 11.6 Å². The highest BCUT2D eigenvalue weighted by Gasteiger charge is 2.19. The summed E-state index contributed by atoms with van der Waals surface area (Å²) in [6.07, 6.45) is -0.564. The number of carbonyl (C=O) groups is 1. The van der Waals surface area contributed by atoms with Crippen LogP contribution in [0.5, 0.6) is 0 Å². The fourth-order valence-corrected chi connectivity index (χ4v) is 3.32. The Morgan fingerprint density at radius 3 is 2.86 bits per heavy atom. The van der Waals surface area contributed by atoms with Gasteiger partial charge in [-0.2, -0.15) is 0 Å². The Morgan fingerprint density at radius 1 is 1.52 bits per heavy atom. The molecule has 118 valence electrons. The van der Waals surface area contributed by atoms with E-state index in [1.807, 2.05) is 13.0 Å². The van der Waals surface area contributed by atoms with Crippen LogP contribution in [0, 0.1) is 0 Å². The van der Waals surface area contributed by atoms with Crippen LogP contribution in [0.25, 0.3) is 0 Å². The van der Waals surface area contributed by atoms with Crippen molar-refractivity contribution in [3.63, 3.8) is 0 Å². The average molecular weight is 333 g/mol. The summed E-state index contributed by atoms with van der Waals surface area (Å²) in [7, 11) is 0. The summed E-state index contributed by atoms with van der Waals surface area (Å²) < 4.78 is 5.94. The Kier molecular flexibility index (Phi) is 6.44. The quantitative estimate of drug-likeness (QED) is 0.824. The van der Waals surface area contributed by atoms with E-state index in [4.69, 9.17) is 16.3 Å². The molecule has 2 N–H and O–H groups in total. The van der Waals surface area contributed by atoms with Crippen molar-refractivity contribution in [2.45, 2.75) is 18.9 Å². The highest BCUT2D eigenvalue weighted by molar-refractivity contribution is 7.16. The van der Waals surface area contributed by atoms with E-state index in [1.54, 1.807) is 6.07 Å². The van der Waals surface area contributed by atoms with E-state index in [2.05, 4.69) is 10.2 Å². The zero-order valence-electron chi connectivity index (χ0n) is 12.0. The Labute approximate surface area is 133 Å². The number of aliphatic hydroxyl groups excluding tert-OH is 1. The molecule has 1 saturated heterocycles. The Bertz CT molecular complexity index is 463. The molecule has 0 bridgehead atoms. The second-order valence-corrected chi connectivity index (χ2v) is 6.92. The minimum absolute atomic E-state index is 0.0884. The molecule has 0 unspecified atom stereocenters. The average Bonchev–Trinajstić information content (AvgIpc) is 2.91. The Hall–Kier alpha value is -0.660. The minimum Gasteiger partial charge on any atom is -0.390 e. The van der Waals surface area contributed by atoms with E-state index in [9.17, 15) is 9.90 Å². The van der Waals surface area contributed by atoms with Gasteiger partial charge in [0.2, 0.25) is 5.91 Å². The standard InChI is InChI=1S/C14H21ClN2O3S/c1-10(12-2-3-13(15)21-12)14(19)16-8-11(18)9-17-4-6-20-7-5-17/h2-3,10-11,18H,4-9H2,1H3,(H,16,19)/t10-,11+/m1/s1. The predicted octanol–water partition coefficient (Wildman–Crippen LogP) is 1.31. The van der Waals surface area contributed by atoms with Crippen molar-refractivity contribution in [3.05, 3.63) is 21.3 Å². The smallest absolute Gasteiger partial charge is 0.228 e. The van der Waals surface area contributed by atoms with Gasteiger partial charge < -0.3 is 15.2 Å². The molecule has 0 spiro atoms. The molecule has 1 aromatic heterocycles. The molecular weight excluding hydrogens is 312 g/mol. The number of hydrogen-bond acceptors (Lipinski definition) is 5. The SMILES string of the molecule is C[C@@H](C(=O)NC[C@H](O)CN1CCOCC1)c1ccc(Cl)s1. The number of nitrogens with one attached hydrogen (secondary N) is 1. The van der Waals surface area contributed by atoms with Crippen LogP contribution in [0.15, 0.2) is 12.1 Å². The molecule has 0 radical (unpaired) electrons. The minimum atomic E-state index is -0.564. The lowest BCUT2D eigenvalue weighted by Gasteiger charge is -2.28. The number of β-amino-alcohol motifs (C(OH)–C–C–N with tert-alkyl or cyclic N) is 1. The number of morpholine rings is 1. The molecule has 1 aliphatic rings. The molecule has 7 heteroatoms. The number of amides is 1. The zero-order valence-corrected chi connectivity index (χ0v) is 13.6. The van der Waals surface area contributed by atoms with Crippen LogP contribution < -0.4 is 5.32 Å². The molecule has 0 aromatic carbocycles. The summed E-state index contributed by atoms with van der Waals surface area (Å²) in [5, 5.41) is 12.8. The second kappa shape index (κ2) is 8.10. The van der Waals surface area contributed by atoms with E-state index >= 15 is 0 Å². The largest absolute Gasteiger partial charge is 0.390 e. The van der Waals surface area contributed by atoms with Crippen molar-refractivity contribution < 1.29 is 14.6 Å². The van der Waals surface area contributed by atoms with Gasteiger partial charge in [-0.3, -0.25) is 9.69 Å². The first-order valence-corrected chi connectivity index (χ1v) is 8.27. The monoisotopic (exact) mass is 332 g/mol. The predicted molar refractivity (Wildman–Crippen MR) is 84.0 cm³/mol. The van der Waals surface area contributed by atoms with Crippen molar-refractivity contribution >= 4 is 28.8 Å². The first-order valence-electron chi connectivity index (χ1n) is 7.07. The molecule has 2 heterocycles. The molecule has 0 aliphatic carbocycles. The van der Waals surface area contributed by atoms with Crippen molar-refractivity contribution in [3.8, 4) is 0 Å². The second-order valence-electron chi connectivity index (χ2n) is 5.18. The van der Waals surface area contributed by atoms with Gasteiger partial charge in [0.1, 0.15) is 0 Å². The number of hydrogen-bond donors (Lipinski definition) is 2. The van der Waals surface area contributed by atoms with Gasteiger partial charge in [0.05, 0.1) is 29.6 Å². The summed E-state index contributed by atoms with van der Waals surface area (Å²) in [6, 6.07) is 3.65. The fraction of sp³-hybridized carbons (Fsp3) is 0.643. The fourth-order valence-electron chi connectivity index (χ4n) is 2.21. The normalized spacial score (nSPS) is 19.2. The molecule has 2 atom stereocenters. The number of thiophene rings is 1. The number of halogens is 1. The molecule has 1 amide bonds. The summed E-state index contributed by atoms with van der Waals surface area (Å²) in [6.45, 7) is 5.73. The van der Waals surface area contributed by atoms with E-state index in [1.165, 1.54) is 11.3 Å². The number of ether oxygens (including phenoxy) is 1. The van der Waals surface area contributed by atoms with Gasteiger partial charge in [-0.05, 0) is 19.1 Å². The van der Waals surface area contributed by atoms with E-state index in [0.717, 1.165) is 18.0 Å². The lowest BCUT2D eigenvalue weighted by atomic mass is 10.1. The Morgan fingerprint density at radius 2 is 2.24 bits per heavy atom. The maximum absolute atomic E-state index is 12.1. The molecular formula is C14H21ClN2O3S. The molecule has 1 fully saturated rings. The summed E-state index contributed by atoms with van der Waals surface area (Å²) in [5.74, 6) is -0.340. The van der Waals surface area contributed by atoms with Crippen molar-refractivity contribution in [2.24, 2.45) is 0 Å². The maximum atomic E-state index is 12.1. The Balaban J connectivity index is 1.72. The molecule has 0 saturated carbocycles. The van der Waals surface area contributed by atoms with Crippen LogP contribution in [0.4, 0.5) is 0 Å². The number of aliphatic hydroxyl groups is 1. The highest BCUT2D eigenvalue weighted by atomic mass is 35.5. The summed E-state index contributed by atoms with van der Waals surface area (Å²) in [4.78, 5) is 15.1. The van der Waals surface area contributed by atoms with Gasteiger partial charge in [0.25, 0.3) is 0 Å².